The average molecular weight is 470 g/mol. The zero-order valence-corrected chi connectivity index (χ0v) is 18.1. The highest BCUT2D eigenvalue weighted by molar-refractivity contribution is 5.91. The Kier molecular flexibility index (Phi) is 6.73. The number of hydrogen-bond donors (Lipinski definition) is 3. The second kappa shape index (κ2) is 9.87. The number of rotatable bonds is 7. The molecule has 0 spiro atoms. The van der Waals surface area contributed by atoms with Crippen LogP contribution in [-0.2, 0) is 17.4 Å². The first-order valence-corrected chi connectivity index (χ1v) is 10.4. The summed E-state index contributed by atoms with van der Waals surface area (Å²) in [4.78, 5) is 16.5. The molecule has 8 nitrogen and oxygen atoms in total. The normalized spacial score (nSPS) is 15.1. The van der Waals surface area contributed by atoms with Crippen LogP contribution in [-0.4, -0.2) is 10.9 Å². The number of pyridine rings is 1. The molecule has 0 bridgehead atoms. The fraction of sp³-hybridized carbons (Fsp3) is 0.217. The second-order valence-electron chi connectivity index (χ2n) is 7.61. The molecule has 2 aromatic carbocycles. The third-order valence-electron chi connectivity index (χ3n) is 5.08. The number of nitrogens with zero attached hydrogens (tertiary/aromatic N) is 3. The Morgan fingerprint density at radius 1 is 1.09 bits per heavy atom. The van der Waals surface area contributed by atoms with Gasteiger partial charge in [-0.15, -0.1) is 5.11 Å². The maximum Gasteiger partial charge on any atom is 0.416 e. The second-order valence-corrected chi connectivity index (χ2v) is 7.61. The van der Waals surface area contributed by atoms with Gasteiger partial charge < -0.3 is 10.1 Å². The molecule has 0 saturated carbocycles. The van der Waals surface area contributed by atoms with Gasteiger partial charge in [0.2, 0.25) is 5.91 Å². The van der Waals surface area contributed by atoms with E-state index in [9.17, 15) is 18.0 Å². The quantitative estimate of drug-likeness (QED) is 0.438. The number of anilines is 1. The van der Waals surface area contributed by atoms with E-state index in [1.807, 2.05) is 12.1 Å². The van der Waals surface area contributed by atoms with Crippen LogP contribution in [0.15, 0.2) is 71.1 Å². The van der Waals surface area contributed by atoms with E-state index in [2.05, 4.69) is 31.6 Å². The van der Waals surface area contributed by atoms with Crippen molar-refractivity contribution in [2.75, 3.05) is 5.32 Å². The van der Waals surface area contributed by atoms with Gasteiger partial charge in [0.05, 0.1) is 11.3 Å². The summed E-state index contributed by atoms with van der Waals surface area (Å²) >= 11 is 0. The summed E-state index contributed by atoms with van der Waals surface area (Å²) in [7, 11) is 0. The first-order chi connectivity index (χ1) is 16.3. The monoisotopic (exact) mass is 470 g/mol. The van der Waals surface area contributed by atoms with Crippen molar-refractivity contribution in [3.05, 3.63) is 83.2 Å². The van der Waals surface area contributed by atoms with Gasteiger partial charge in [-0.05, 0) is 54.8 Å². The van der Waals surface area contributed by atoms with Crippen molar-refractivity contribution in [2.45, 2.75) is 32.1 Å². The molecule has 0 fully saturated rings. The standard InChI is InChI=1S/C23H21F3N6O2/c1-14-2-6-16(12-19(14)23(24,25)26)28-21(33)9-5-15-3-7-17(8-4-15)34-18-10-11-27-20(13-18)22-29-31-32-30-22/h2-4,6-8,10-13,22H,5,9H2,1H3,(H,28,33)(H,29,32)(H,30,31). The summed E-state index contributed by atoms with van der Waals surface area (Å²) in [6, 6.07) is 14.4. The molecule has 176 valence electrons. The minimum absolute atomic E-state index is 0.105. The number of alkyl halides is 3. The molecule has 34 heavy (non-hydrogen) atoms. The summed E-state index contributed by atoms with van der Waals surface area (Å²) < 4.78 is 45.0. The van der Waals surface area contributed by atoms with Crippen molar-refractivity contribution in [1.82, 2.24) is 15.9 Å². The molecule has 2 heterocycles. The van der Waals surface area contributed by atoms with Crippen LogP contribution in [0.25, 0.3) is 0 Å². The van der Waals surface area contributed by atoms with E-state index in [-0.39, 0.29) is 23.6 Å². The van der Waals surface area contributed by atoms with E-state index in [0.29, 0.717) is 23.6 Å². The fourth-order valence-corrected chi connectivity index (χ4v) is 3.33. The highest BCUT2D eigenvalue weighted by atomic mass is 19.4. The van der Waals surface area contributed by atoms with E-state index >= 15 is 0 Å². The van der Waals surface area contributed by atoms with Crippen LogP contribution >= 0.6 is 0 Å². The van der Waals surface area contributed by atoms with Crippen molar-refractivity contribution in [3.63, 3.8) is 0 Å². The first-order valence-electron chi connectivity index (χ1n) is 10.4. The molecule has 1 amide bonds. The van der Waals surface area contributed by atoms with Gasteiger partial charge in [-0.25, -0.2) is 5.53 Å². The van der Waals surface area contributed by atoms with Crippen LogP contribution < -0.4 is 21.0 Å². The van der Waals surface area contributed by atoms with Gasteiger partial charge in [-0.3, -0.25) is 9.78 Å². The Hall–Kier alpha value is -3.99. The Balaban J connectivity index is 1.31. The van der Waals surface area contributed by atoms with Crippen molar-refractivity contribution >= 4 is 11.6 Å². The Morgan fingerprint density at radius 2 is 1.88 bits per heavy atom. The van der Waals surface area contributed by atoms with E-state index in [4.69, 9.17) is 4.74 Å². The SMILES string of the molecule is Cc1ccc(NC(=O)CCc2ccc(Oc3ccnc(C4N=NNN4)c3)cc2)cc1C(F)(F)F. The summed E-state index contributed by atoms with van der Waals surface area (Å²) in [5.74, 6) is 0.815. The van der Waals surface area contributed by atoms with Gasteiger partial charge in [-0.1, -0.05) is 23.4 Å². The number of benzene rings is 2. The number of hydrazine groups is 1. The number of aryl methyl sites for hydroxylation is 2. The third-order valence-corrected chi connectivity index (χ3v) is 5.08. The van der Waals surface area contributed by atoms with Crippen molar-refractivity contribution in [2.24, 2.45) is 10.3 Å². The van der Waals surface area contributed by atoms with Crippen molar-refractivity contribution in [1.29, 1.82) is 0 Å². The van der Waals surface area contributed by atoms with E-state index in [1.165, 1.54) is 19.1 Å². The van der Waals surface area contributed by atoms with Gasteiger partial charge in [0.25, 0.3) is 0 Å². The van der Waals surface area contributed by atoms with Crippen LogP contribution in [0.5, 0.6) is 11.5 Å². The number of amides is 1. The van der Waals surface area contributed by atoms with Gasteiger partial charge in [-0.2, -0.15) is 18.6 Å². The zero-order chi connectivity index (χ0) is 24.1. The predicted octanol–water partition coefficient (Wildman–Crippen LogP) is 5.25. The number of nitrogens with one attached hydrogen (secondary N) is 3. The largest absolute Gasteiger partial charge is 0.457 e. The number of ether oxygens (including phenoxy) is 1. The van der Waals surface area contributed by atoms with Crippen LogP contribution in [0.1, 0.15) is 35.0 Å². The molecule has 1 atom stereocenters. The van der Waals surface area contributed by atoms with Gasteiger partial charge in [0.1, 0.15) is 11.5 Å². The summed E-state index contributed by atoms with van der Waals surface area (Å²) in [6.07, 6.45) is -2.70. The minimum atomic E-state index is -4.47. The van der Waals surface area contributed by atoms with Gasteiger partial charge in [0.15, 0.2) is 6.17 Å². The predicted molar refractivity (Wildman–Crippen MR) is 118 cm³/mol. The fourth-order valence-electron chi connectivity index (χ4n) is 3.33. The lowest BCUT2D eigenvalue weighted by Gasteiger charge is -2.13. The van der Waals surface area contributed by atoms with Crippen LogP contribution in [0.2, 0.25) is 0 Å². The average Bonchev–Trinajstić information content (AvgIpc) is 3.35. The third kappa shape index (κ3) is 5.87. The molecule has 11 heteroatoms. The molecule has 1 unspecified atom stereocenters. The van der Waals surface area contributed by atoms with Crippen LogP contribution in [0.4, 0.5) is 18.9 Å². The highest BCUT2D eigenvalue weighted by Gasteiger charge is 2.32. The molecule has 1 aromatic heterocycles. The molecule has 0 aliphatic carbocycles. The maximum absolute atomic E-state index is 13.1. The molecule has 4 rings (SSSR count). The molecule has 1 aliphatic rings. The molecular formula is C23H21F3N6O2. The lowest BCUT2D eigenvalue weighted by Crippen LogP contribution is -2.24. The van der Waals surface area contributed by atoms with E-state index < -0.39 is 17.9 Å². The van der Waals surface area contributed by atoms with Crippen molar-refractivity contribution in [3.8, 4) is 11.5 Å². The summed E-state index contributed by atoms with van der Waals surface area (Å²) in [5.41, 5.74) is 6.38. The molecule has 0 radical (unpaired) electrons. The highest BCUT2D eigenvalue weighted by Crippen LogP contribution is 2.33. The number of carbonyl (C=O) groups is 1. The molecule has 0 saturated heterocycles. The first kappa shape index (κ1) is 23.2. The number of carbonyl (C=O) groups excluding carboxylic acids is 1. The number of aromatic nitrogens is 1. The minimum Gasteiger partial charge on any atom is -0.457 e. The topological polar surface area (TPSA) is 100 Å². The lowest BCUT2D eigenvalue weighted by atomic mass is 10.1. The Morgan fingerprint density at radius 3 is 2.59 bits per heavy atom. The summed E-state index contributed by atoms with van der Waals surface area (Å²) in [5, 5.41) is 10.1. The van der Waals surface area contributed by atoms with Gasteiger partial charge >= 0.3 is 6.18 Å². The molecule has 3 aromatic rings. The number of halogens is 3. The van der Waals surface area contributed by atoms with E-state index in [0.717, 1.165) is 11.6 Å². The Labute approximate surface area is 193 Å². The lowest BCUT2D eigenvalue weighted by molar-refractivity contribution is -0.138. The van der Waals surface area contributed by atoms with Crippen LogP contribution in [0.3, 0.4) is 0 Å². The van der Waals surface area contributed by atoms with Gasteiger partial charge in [0, 0.05) is 24.4 Å². The van der Waals surface area contributed by atoms with E-state index in [1.54, 1.807) is 30.5 Å². The van der Waals surface area contributed by atoms with Crippen LogP contribution in [0, 0.1) is 6.92 Å². The molecule has 3 N–H and O–H groups in total. The molecular weight excluding hydrogens is 449 g/mol. The number of hydrogen-bond acceptors (Lipinski definition) is 7. The zero-order valence-electron chi connectivity index (χ0n) is 18.1. The molecule has 1 aliphatic heterocycles. The Bertz CT molecular complexity index is 1200. The summed E-state index contributed by atoms with van der Waals surface area (Å²) in [6.45, 7) is 1.38. The van der Waals surface area contributed by atoms with Crippen molar-refractivity contribution < 1.29 is 22.7 Å². The maximum atomic E-state index is 13.1. The smallest absolute Gasteiger partial charge is 0.416 e.